The molecule has 29 heavy (non-hydrogen) atoms. The van der Waals surface area contributed by atoms with Crippen LogP contribution in [0.2, 0.25) is 0 Å². The Morgan fingerprint density at radius 2 is 1.72 bits per heavy atom. The predicted octanol–water partition coefficient (Wildman–Crippen LogP) is 4.88. The molecule has 0 fully saturated rings. The average molecular weight is 409 g/mol. The van der Waals surface area contributed by atoms with Crippen LogP contribution in [0.25, 0.3) is 0 Å². The van der Waals surface area contributed by atoms with E-state index in [2.05, 4.69) is 34.7 Å². The molecule has 3 rings (SSSR count). The van der Waals surface area contributed by atoms with Gasteiger partial charge in [-0.1, -0.05) is 61.9 Å². The van der Waals surface area contributed by atoms with E-state index in [1.54, 1.807) is 24.3 Å². The maximum atomic E-state index is 12.4. The van der Waals surface area contributed by atoms with Crippen molar-refractivity contribution in [3.05, 3.63) is 70.7 Å². The summed E-state index contributed by atoms with van der Waals surface area (Å²) < 4.78 is 0. The maximum absolute atomic E-state index is 12.4. The van der Waals surface area contributed by atoms with Crippen LogP contribution in [-0.2, 0) is 11.2 Å². The highest BCUT2D eigenvalue weighted by molar-refractivity contribution is 7.15. The van der Waals surface area contributed by atoms with Gasteiger partial charge in [-0.15, -0.1) is 10.2 Å². The fourth-order valence-corrected chi connectivity index (χ4v) is 3.73. The van der Waals surface area contributed by atoms with Crippen molar-refractivity contribution in [2.45, 2.75) is 39.0 Å². The lowest BCUT2D eigenvalue weighted by Crippen LogP contribution is -2.15. The van der Waals surface area contributed by atoms with Gasteiger partial charge in [-0.3, -0.25) is 14.9 Å². The fourth-order valence-electron chi connectivity index (χ4n) is 2.90. The molecule has 1 aromatic heterocycles. The largest absolute Gasteiger partial charge is 0.326 e. The highest BCUT2D eigenvalue weighted by Crippen LogP contribution is 2.26. The Hall–Kier alpha value is -3.06. The number of hydrogen-bond acceptors (Lipinski definition) is 5. The molecule has 0 aliphatic rings. The van der Waals surface area contributed by atoms with Gasteiger partial charge in [0.1, 0.15) is 5.01 Å². The third-order valence-electron chi connectivity index (χ3n) is 4.44. The van der Waals surface area contributed by atoms with Crippen molar-refractivity contribution in [1.82, 2.24) is 10.2 Å². The van der Waals surface area contributed by atoms with Gasteiger partial charge in [-0.25, -0.2) is 0 Å². The Bertz CT molecular complexity index is 954. The van der Waals surface area contributed by atoms with E-state index in [1.165, 1.54) is 11.3 Å². The number of nitrogens with one attached hydrogen (secondary N) is 2. The molecule has 1 atom stereocenters. The molecule has 0 aliphatic heterocycles. The van der Waals surface area contributed by atoms with Gasteiger partial charge in [-0.2, -0.15) is 0 Å². The first-order chi connectivity index (χ1) is 14.0. The SMILES string of the molecule is CCCC(C)c1nnc(NC(=O)c2ccc(NC(=O)Cc3ccccc3)cc2)s1. The minimum absolute atomic E-state index is 0.101. The molecular formula is C22H24N4O2S. The Labute approximate surface area is 174 Å². The van der Waals surface area contributed by atoms with E-state index in [-0.39, 0.29) is 11.8 Å². The lowest BCUT2D eigenvalue weighted by Gasteiger charge is -2.07. The lowest BCUT2D eigenvalue weighted by molar-refractivity contribution is -0.115. The first-order valence-corrected chi connectivity index (χ1v) is 10.5. The molecule has 3 aromatic rings. The Kier molecular flexibility index (Phi) is 7.08. The molecule has 0 saturated carbocycles. The smallest absolute Gasteiger partial charge is 0.257 e. The van der Waals surface area contributed by atoms with Crippen LogP contribution >= 0.6 is 11.3 Å². The van der Waals surface area contributed by atoms with Crippen LogP contribution in [0.5, 0.6) is 0 Å². The Balaban J connectivity index is 1.55. The molecule has 0 spiro atoms. The number of carbonyl (C=O) groups is 2. The molecule has 0 radical (unpaired) electrons. The number of nitrogens with zero attached hydrogens (tertiary/aromatic N) is 2. The summed E-state index contributed by atoms with van der Waals surface area (Å²) in [5.74, 6) is -0.0177. The van der Waals surface area contributed by atoms with E-state index in [4.69, 9.17) is 0 Å². The topological polar surface area (TPSA) is 84.0 Å². The maximum Gasteiger partial charge on any atom is 0.257 e. The molecular weight excluding hydrogens is 384 g/mol. The average Bonchev–Trinajstić information content (AvgIpc) is 3.18. The quantitative estimate of drug-likeness (QED) is 0.557. The lowest BCUT2D eigenvalue weighted by atomic mass is 10.1. The molecule has 0 aliphatic carbocycles. The molecule has 150 valence electrons. The number of anilines is 2. The predicted molar refractivity (Wildman–Crippen MR) is 116 cm³/mol. The van der Waals surface area contributed by atoms with Crippen LogP contribution in [0.15, 0.2) is 54.6 Å². The standard InChI is InChI=1S/C22H24N4O2S/c1-3-7-15(2)21-25-26-22(29-21)24-20(28)17-10-12-18(13-11-17)23-19(27)14-16-8-5-4-6-9-16/h4-6,8-13,15H,3,7,14H2,1-2H3,(H,23,27)(H,24,26,28). The molecule has 2 N–H and O–H groups in total. The Morgan fingerprint density at radius 1 is 1.00 bits per heavy atom. The molecule has 6 nitrogen and oxygen atoms in total. The van der Waals surface area contributed by atoms with E-state index in [0.717, 1.165) is 23.4 Å². The first-order valence-electron chi connectivity index (χ1n) is 9.63. The summed E-state index contributed by atoms with van der Waals surface area (Å²) in [6.45, 7) is 4.24. The Morgan fingerprint density at radius 3 is 2.41 bits per heavy atom. The van der Waals surface area contributed by atoms with Gasteiger partial charge >= 0.3 is 0 Å². The molecule has 0 bridgehead atoms. The van der Waals surface area contributed by atoms with Crippen molar-refractivity contribution in [2.75, 3.05) is 10.6 Å². The van der Waals surface area contributed by atoms with Gasteiger partial charge in [0, 0.05) is 17.2 Å². The first kappa shape index (κ1) is 20.7. The highest BCUT2D eigenvalue weighted by atomic mass is 32.1. The van der Waals surface area contributed by atoms with Gasteiger partial charge in [-0.05, 0) is 36.2 Å². The second-order valence-corrected chi connectivity index (χ2v) is 7.89. The zero-order chi connectivity index (χ0) is 20.6. The van der Waals surface area contributed by atoms with Crippen molar-refractivity contribution < 1.29 is 9.59 Å². The summed E-state index contributed by atoms with van der Waals surface area (Å²) in [7, 11) is 0. The summed E-state index contributed by atoms with van der Waals surface area (Å²) in [5.41, 5.74) is 2.09. The number of hydrogen-bond donors (Lipinski definition) is 2. The fraction of sp³-hybridized carbons (Fsp3) is 0.273. The molecule has 0 saturated heterocycles. The number of benzene rings is 2. The summed E-state index contributed by atoms with van der Waals surface area (Å²) in [6, 6.07) is 16.3. The van der Waals surface area contributed by atoms with E-state index >= 15 is 0 Å². The third kappa shape index (κ3) is 5.96. The monoisotopic (exact) mass is 408 g/mol. The van der Waals surface area contributed by atoms with Crippen molar-refractivity contribution in [3.63, 3.8) is 0 Å². The van der Waals surface area contributed by atoms with E-state index in [9.17, 15) is 9.59 Å². The van der Waals surface area contributed by atoms with E-state index in [0.29, 0.717) is 28.7 Å². The van der Waals surface area contributed by atoms with Gasteiger partial charge in [0.05, 0.1) is 6.42 Å². The van der Waals surface area contributed by atoms with Crippen molar-refractivity contribution >= 4 is 34.0 Å². The van der Waals surface area contributed by atoms with Crippen molar-refractivity contribution in [2.24, 2.45) is 0 Å². The van der Waals surface area contributed by atoms with Crippen LogP contribution in [-0.4, -0.2) is 22.0 Å². The van der Waals surface area contributed by atoms with Crippen LogP contribution in [0, 0.1) is 0 Å². The molecule has 1 unspecified atom stereocenters. The highest BCUT2D eigenvalue weighted by Gasteiger charge is 2.14. The van der Waals surface area contributed by atoms with Crippen LogP contribution < -0.4 is 10.6 Å². The summed E-state index contributed by atoms with van der Waals surface area (Å²) in [4.78, 5) is 24.6. The van der Waals surface area contributed by atoms with E-state index < -0.39 is 0 Å². The number of amides is 2. The van der Waals surface area contributed by atoms with Crippen LogP contribution in [0.3, 0.4) is 0 Å². The summed E-state index contributed by atoms with van der Waals surface area (Å²) in [5, 5.41) is 15.3. The normalized spacial score (nSPS) is 11.7. The van der Waals surface area contributed by atoms with Gasteiger partial charge in [0.2, 0.25) is 11.0 Å². The minimum Gasteiger partial charge on any atom is -0.326 e. The third-order valence-corrected chi connectivity index (χ3v) is 5.51. The second-order valence-electron chi connectivity index (χ2n) is 6.88. The van der Waals surface area contributed by atoms with Crippen molar-refractivity contribution in [3.8, 4) is 0 Å². The zero-order valence-corrected chi connectivity index (χ0v) is 17.3. The van der Waals surface area contributed by atoms with E-state index in [1.807, 2.05) is 30.3 Å². The molecule has 7 heteroatoms. The molecule has 2 aromatic carbocycles. The minimum atomic E-state index is -0.252. The van der Waals surface area contributed by atoms with Gasteiger partial charge in [0.15, 0.2) is 0 Å². The molecule has 1 heterocycles. The van der Waals surface area contributed by atoms with Gasteiger partial charge in [0.25, 0.3) is 5.91 Å². The summed E-state index contributed by atoms with van der Waals surface area (Å²) >= 11 is 1.41. The number of rotatable bonds is 8. The van der Waals surface area contributed by atoms with Gasteiger partial charge < -0.3 is 5.32 Å². The molecule has 2 amide bonds. The second kappa shape index (κ2) is 9.93. The number of carbonyl (C=O) groups excluding carboxylic acids is 2. The van der Waals surface area contributed by atoms with Crippen LogP contribution in [0.4, 0.5) is 10.8 Å². The van der Waals surface area contributed by atoms with Crippen molar-refractivity contribution in [1.29, 1.82) is 0 Å². The zero-order valence-electron chi connectivity index (χ0n) is 16.5. The number of aromatic nitrogens is 2. The van der Waals surface area contributed by atoms with Crippen LogP contribution in [0.1, 0.15) is 53.5 Å². The summed E-state index contributed by atoms with van der Waals surface area (Å²) in [6.07, 6.45) is 2.43.